The topological polar surface area (TPSA) is 86.0 Å². The maximum absolute atomic E-state index is 15.0. The predicted molar refractivity (Wildman–Crippen MR) is 114 cm³/mol. The van der Waals surface area contributed by atoms with Crippen molar-refractivity contribution in [2.24, 2.45) is 0 Å². The molecule has 1 N–H and O–H groups in total. The van der Waals surface area contributed by atoms with Crippen LogP contribution in [0.5, 0.6) is 5.75 Å². The minimum absolute atomic E-state index is 0.0322. The van der Waals surface area contributed by atoms with Crippen LogP contribution in [-0.4, -0.2) is 55.6 Å². The van der Waals surface area contributed by atoms with Gasteiger partial charge in [-0.3, -0.25) is 4.98 Å². The fraction of sp³-hybridized carbons (Fsp3) is 0.217. The van der Waals surface area contributed by atoms with Crippen molar-refractivity contribution >= 4 is 0 Å². The molecule has 14 heteroatoms. The van der Waals surface area contributed by atoms with Crippen molar-refractivity contribution in [2.45, 2.75) is 24.2 Å². The number of aliphatic hydroxyl groups is 1. The Balaban J connectivity index is 1.78. The summed E-state index contributed by atoms with van der Waals surface area (Å²) in [6.45, 7) is -1.46. The summed E-state index contributed by atoms with van der Waals surface area (Å²) < 4.78 is 99.0. The van der Waals surface area contributed by atoms with Crippen LogP contribution in [0.25, 0.3) is 11.1 Å². The van der Waals surface area contributed by atoms with Crippen molar-refractivity contribution in [1.82, 2.24) is 25.2 Å². The molecule has 0 fully saturated rings. The number of benzene rings is 2. The van der Waals surface area contributed by atoms with Gasteiger partial charge in [0.2, 0.25) is 0 Å². The molecule has 0 saturated heterocycles. The van der Waals surface area contributed by atoms with Crippen LogP contribution in [0.15, 0.2) is 67.1 Å². The zero-order valence-electron chi connectivity index (χ0n) is 18.4. The lowest BCUT2D eigenvalue weighted by Crippen LogP contribution is -2.52. The summed E-state index contributed by atoms with van der Waals surface area (Å²) in [7, 11) is 0. The first-order chi connectivity index (χ1) is 17.5. The average Bonchev–Trinajstić information content (AvgIpc) is 3.40. The van der Waals surface area contributed by atoms with Crippen LogP contribution in [0.2, 0.25) is 0 Å². The van der Waals surface area contributed by atoms with E-state index in [4.69, 9.17) is 0 Å². The first kappa shape index (κ1) is 26.0. The van der Waals surface area contributed by atoms with Crippen LogP contribution in [0.4, 0.5) is 30.7 Å². The Morgan fingerprint density at radius 1 is 0.946 bits per heavy atom. The van der Waals surface area contributed by atoms with E-state index in [1.807, 2.05) is 0 Å². The smallest absolute Gasteiger partial charge is 0.422 e. The zero-order chi connectivity index (χ0) is 26.8. The number of aliphatic hydroxyl groups excluding tert-OH is 1. The molecule has 0 radical (unpaired) electrons. The number of halogens is 7. The van der Waals surface area contributed by atoms with Gasteiger partial charge in [-0.15, -0.1) is 5.10 Å². The second-order valence-corrected chi connectivity index (χ2v) is 7.78. The quantitative estimate of drug-likeness (QED) is 0.343. The minimum atomic E-state index is -4.50. The molecule has 37 heavy (non-hydrogen) atoms. The number of ether oxygens (including phenoxy) is 1. The summed E-state index contributed by atoms with van der Waals surface area (Å²) >= 11 is 0. The number of pyridine rings is 1. The molecule has 0 spiro atoms. The molecular weight excluding hydrogens is 511 g/mol. The summed E-state index contributed by atoms with van der Waals surface area (Å²) in [5.41, 5.74) is -2.48. The van der Waals surface area contributed by atoms with Gasteiger partial charge in [0.25, 0.3) is 6.43 Å². The summed E-state index contributed by atoms with van der Waals surface area (Å²) in [4.78, 5) is 4.17. The van der Waals surface area contributed by atoms with E-state index in [0.29, 0.717) is 21.9 Å². The number of hydrogen-bond acceptors (Lipinski definition) is 6. The molecule has 0 amide bonds. The molecule has 4 rings (SSSR count). The van der Waals surface area contributed by atoms with Gasteiger partial charge < -0.3 is 9.84 Å². The third-order valence-corrected chi connectivity index (χ3v) is 5.46. The Morgan fingerprint density at radius 2 is 1.65 bits per heavy atom. The molecule has 2 unspecified atom stereocenters. The fourth-order valence-electron chi connectivity index (χ4n) is 3.83. The first-order valence-electron chi connectivity index (χ1n) is 10.4. The number of nitrogens with zero attached hydrogens (tertiary/aromatic N) is 5. The Bertz CT molecular complexity index is 1330. The van der Waals surface area contributed by atoms with Crippen molar-refractivity contribution in [3.05, 3.63) is 90.0 Å². The summed E-state index contributed by atoms with van der Waals surface area (Å²) in [5, 5.41) is 21.1. The standard InChI is InChI=1S/C23H16F7N5O2/c24-15-4-7-17(18(25)9-15)23(20(36)21(26)27,35-12-32-33-34-35)19-8-3-14(10-31-19)13-1-5-16(6-2-13)37-11-22(28,29)30/h1-10,12,20-21,36H,11H2. The molecule has 2 aromatic carbocycles. The van der Waals surface area contributed by atoms with E-state index in [1.54, 1.807) is 0 Å². The third-order valence-electron chi connectivity index (χ3n) is 5.46. The van der Waals surface area contributed by atoms with Crippen LogP contribution in [0.1, 0.15) is 11.3 Å². The maximum Gasteiger partial charge on any atom is 0.422 e. The Labute approximate surface area is 204 Å². The second kappa shape index (κ2) is 10.1. The van der Waals surface area contributed by atoms with Gasteiger partial charge in [0, 0.05) is 23.4 Å². The molecule has 2 aromatic heterocycles. The third kappa shape index (κ3) is 5.23. The second-order valence-electron chi connectivity index (χ2n) is 7.78. The van der Waals surface area contributed by atoms with E-state index in [9.17, 15) is 35.8 Å². The lowest BCUT2D eigenvalue weighted by molar-refractivity contribution is -0.153. The van der Waals surface area contributed by atoms with Gasteiger partial charge in [-0.25, -0.2) is 22.2 Å². The van der Waals surface area contributed by atoms with E-state index >= 15 is 0 Å². The Kier molecular flexibility index (Phi) is 7.12. The van der Waals surface area contributed by atoms with Crippen molar-refractivity contribution in [2.75, 3.05) is 6.61 Å². The van der Waals surface area contributed by atoms with Crippen molar-refractivity contribution in [1.29, 1.82) is 0 Å². The van der Waals surface area contributed by atoms with Gasteiger partial charge in [0.15, 0.2) is 12.1 Å². The summed E-state index contributed by atoms with van der Waals surface area (Å²) in [5.74, 6) is -2.27. The monoisotopic (exact) mass is 527 g/mol. The lowest BCUT2D eigenvalue weighted by atomic mass is 9.80. The highest BCUT2D eigenvalue weighted by atomic mass is 19.4. The molecule has 0 saturated carbocycles. The molecule has 4 aromatic rings. The highest BCUT2D eigenvalue weighted by molar-refractivity contribution is 5.63. The molecule has 0 aliphatic carbocycles. The van der Waals surface area contributed by atoms with E-state index in [0.717, 1.165) is 18.5 Å². The van der Waals surface area contributed by atoms with Crippen molar-refractivity contribution < 1.29 is 40.6 Å². The zero-order valence-corrected chi connectivity index (χ0v) is 18.4. The highest BCUT2D eigenvalue weighted by Gasteiger charge is 2.51. The maximum atomic E-state index is 15.0. The molecule has 0 aliphatic heterocycles. The van der Waals surface area contributed by atoms with Gasteiger partial charge in [-0.2, -0.15) is 13.2 Å². The van der Waals surface area contributed by atoms with E-state index in [1.165, 1.54) is 42.6 Å². The molecule has 2 heterocycles. The molecule has 7 nitrogen and oxygen atoms in total. The molecule has 194 valence electrons. The number of hydrogen-bond donors (Lipinski definition) is 1. The van der Waals surface area contributed by atoms with Gasteiger partial charge in [-0.05, 0) is 40.3 Å². The molecule has 0 aliphatic rings. The predicted octanol–water partition coefficient (Wildman–Crippen LogP) is 4.37. The Hall–Kier alpha value is -4.07. The number of alkyl halides is 5. The fourth-order valence-corrected chi connectivity index (χ4v) is 3.83. The number of rotatable bonds is 8. The van der Waals surface area contributed by atoms with Crippen LogP contribution in [0.3, 0.4) is 0 Å². The molecule has 2 atom stereocenters. The van der Waals surface area contributed by atoms with Gasteiger partial charge in [0.05, 0.1) is 5.69 Å². The largest absolute Gasteiger partial charge is 0.484 e. The van der Waals surface area contributed by atoms with Gasteiger partial charge >= 0.3 is 6.18 Å². The van der Waals surface area contributed by atoms with Crippen molar-refractivity contribution in [3.63, 3.8) is 0 Å². The first-order valence-corrected chi connectivity index (χ1v) is 10.4. The highest BCUT2D eigenvalue weighted by Crippen LogP contribution is 2.40. The summed E-state index contributed by atoms with van der Waals surface area (Å²) in [6, 6.07) is 10.3. The number of tetrazole rings is 1. The van der Waals surface area contributed by atoms with E-state index in [2.05, 4.69) is 25.2 Å². The lowest BCUT2D eigenvalue weighted by Gasteiger charge is -2.37. The number of aromatic nitrogens is 5. The van der Waals surface area contributed by atoms with Crippen molar-refractivity contribution in [3.8, 4) is 16.9 Å². The SMILES string of the molecule is OC(C(F)F)C(c1ccc(-c2ccc(OCC(F)(F)F)cc2)cn1)(c1ccc(F)cc1F)n1cnnn1. The van der Waals surface area contributed by atoms with Crippen LogP contribution in [-0.2, 0) is 5.54 Å². The molecule has 0 bridgehead atoms. The van der Waals surface area contributed by atoms with Gasteiger partial charge in [0.1, 0.15) is 29.8 Å². The minimum Gasteiger partial charge on any atom is -0.484 e. The Morgan fingerprint density at radius 3 is 2.19 bits per heavy atom. The summed E-state index contributed by atoms with van der Waals surface area (Å²) in [6.07, 6.45) is -8.46. The van der Waals surface area contributed by atoms with E-state index < -0.39 is 48.0 Å². The van der Waals surface area contributed by atoms with E-state index in [-0.39, 0.29) is 11.4 Å². The molecular formula is C23H16F7N5O2. The van der Waals surface area contributed by atoms with Gasteiger partial charge in [-0.1, -0.05) is 24.3 Å². The van der Waals surface area contributed by atoms with Crippen LogP contribution < -0.4 is 4.74 Å². The van der Waals surface area contributed by atoms with Crippen LogP contribution >= 0.6 is 0 Å². The average molecular weight is 527 g/mol. The normalized spacial score (nSPS) is 14.4. The van der Waals surface area contributed by atoms with Crippen LogP contribution in [0, 0.1) is 11.6 Å².